The number of rotatable bonds is 7. The van der Waals surface area contributed by atoms with E-state index >= 15 is 0 Å². The van der Waals surface area contributed by atoms with Crippen LogP contribution in [-0.4, -0.2) is 37.8 Å². The molecule has 2 aromatic rings. The first-order valence-electron chi connectivity index (χ1n) is 9.96. The number of hydrogen-bond acceptors (Lipinski definition) is 3. The van der Waals surface area contributed by atoms with Crippen LogP contribution in [0.25, 0.3) is 0 Å². The van der Waals surface area contributed by atoms with E-state index in [0.29, 0.717) is 19.4 Å². The Hall–Kier alpha value is -2.25. The van der Waals surface area contributed by atoms with Crippen molar-refractivity contribution >= 4 is 15.9 Å². The topological polar surface area (TPSA) is 66.5 Å². The number of hydrogen-bond donors (Lipinski definition) is 1. The number of carbonyl (C=O) groups is 1. The fraction of sp³-hybridized carbons (Fsp3) is 0.409. The third-order valence-electron chi connectivity index (χ3n) is 5.30. The number of nitrogens with zero attached hydrogens (tertiary/aromatic N) is 1. The molecular weight excluding hydrogens is 391 g/mol. The van der Waals surface area contributed by atoms with Crippen molar-refractivity contribution in [1.82, 2.24) is 9.62 Å². The monoisotopic (exact) mass is 418 g/mol. The number of nitrogens with one attached hydrogen (secondary N) is 1. The van der Waals surface area contributed by atoms with Gasteiger partial charge in [0.15, 0.2) is 0 Å². The molecule has 0 bridgehead atoms. The van der Waals surface area contributed by atoms with E-state index in [4.69, 9.17) is 0 Å². The lowest BCUT2D eigenvalue weighted by atomic mass is 9.98. The molecule has 1 N–H and O–H groups in total. The number of sulfonamides is 1. The highest BCUT2D eigenvalue weighted by Gasteiger charge is 2.33. The van der Waals surface area contributed by atoms with Crippen LogP contribution in [0.3, 0.4) is 0 Å². The van der Waals surface area contributed by atoms with Crippen LogP contribution in [0.1, 0.15) is 31.7 Å². The van der Waals surface area contributed by atoms with Crippen LogP contribution in [0.15, 0.2) is 59.5 Å². The highest BCUT2D eigenvalue weighted by Crippen LogP contribution is 2.24. The number of halogens is 1. The van der Waals surface area contributed by atoms with E-state index in [1.165, 1.54) is 22.0 Å². The Labute approximate surface area is 172 Å². The van der Waals surface area contributed by atoms with E-state index in [2.05, 4.69) is 17.4 Å². The summed E-state index contributed by atoms with van der Waals surface area (Å²) in [6.07, 6.45) is 2.97. The quantitative estimate of drug-likeness (QED) is 0.750. The molecular formula is C22H27FN2O3S. The van der Waals surface area contributed by atoms with E-state index in [1.54, 1.807) is 0 Å². The van der Waals surface area contributed by atoms with Gasteiger partial charge in [-0.3, -0.25) is 4.79 Å². The summed E-state index contributed by atoms with van der Waals surface area (Å²) in [5.74, 6) is -0.966. The van der Waals surface area contributed by atoms with Crippen molar-refractivity contribution in [2.24, 2.45) is 5.92 Å². The zero-order valence-electron chi connectivity index (χ0n) is 16.6. The molecule has 0 unspecified atom stereocenters. The Morgan fingerprint density at radius 3 is 2.55 bits per heavy atom. The summed E-state index contributed by atoms with van der Waals surface area (Å²) < 4.78 is 40.1. The van der Waals surface area contributed by atoms with Crippen molar-refractivity contribution in [2.45, 2.75) is 43.5 Å². The second-order valence-electron chi connectivity index (χ2n) is 7.59. The van der Waals surface area contributed by atoms with Crippen LogP contribution in [-0.2, 0) is 21.2 Å². The maximum Gasteiger partial charge on any atom is 0.243 e. The third-order valence-corrected chi connectivity index (χ3v) is 7.18. The van der Waals surface area contributed by atoms with Crippen molar-refractivity contribution in [1.29, 1.82) is 0 Å². The van der Waals surface area contributed by atoms with Crippen LogP contribution in [0.5, 0.6) is 0 Å². The van der Waals surface area contributed by atoms with E-state index < -0.39 is 15.8 Å². The molecule has 0 spiro atoms. The maximum absolute atomic E-state index is 13.1. The molecule has 2 aromatic carbocycles. The van der Waals surface area contributed by atoms with Crippen molar-refractivity contribution in [3.05, 3.63) is 66.0 Å². The molecule has 1 saturated heterocycles. The van der Waals surface area contributed by atoms with Gasteiger partial charge in [0.25, 0.3) is 0 Å². The molecule has 0 radical (unpaired) electrons. The molecule has 29 heavy (non-hydrogen) atoms. The van der Waals surface area contributed by atoms with Crippen LogP contribution < -0.4 is 5.32 Å². The summed E-state index contributed by atoms with van der Waals surface area (Å²) in [5, 5.41) is 3.03. The number of benzene rings is 2. The first kappa shape index (κ1) is 21.5. The van der Waals surface area contributed by atoms with Crippen LogP contribution >= 0.6 is 0 Å². The Morgan fingerprint density at radius 2 is 1.86 bits per heavy atom. The largest absolute Gasteiger partial charge is 0.353 e. The smallest absolute Gasteiger partial charge is 0.243 e. The van der Waals surface area contributed by atoms with Gasteiger partial charge < -0.3 is 5.32 Å². The zero-order valence-corrected chi connectivity index (χ0v) is 17.4. The number of amides is 1. The lowest BCUT2D eigenvalue weighted by Gasteiger charge is -2.32. The summed E-state index contributed by atoms with van der Waals surface area (Å²) in [6.45, 7) is 2.49. The van der Waals surface area contributed by atoms with Crippen LogP contribution in [0.2, 0.25) is 0 Å². The normalized spacial score (nSPS) is 18.9. The zero-order chi connectivity index (χ0) is 20.9. The first-order valence-corrected chi connectivity index (χ1v) is 11.4. The Morgan fingerprint density at radius 1 is 1.17 bits per heavy atom. The Balaban J connectivity index is 1.56. The summed E-state index contributed by atoms with van der Waals surface area (Å²) in [4.78, 5) is 12.7. The summed E-state index contributed by atoms with van der Waals surface area (Å²) in [5.41, 5.74) is 1.22. The van der Waals surface area contributed by atoms with Crippen molar-refractivity contribution < 1.29 is 17.6 Å². The summed E-state index contributed by atoms with van der Waals surface area (Å²) in [6, 6.07) is 14.9. The molecule has 0 aliphatic carbocycles. The summed E-state index contributed by atoms with van der Waals surface area (Å²) in [7, 11) is -3.73. The predicted octanol–water partition coefficient (Wildman–Crippen LogP) is 3.36. The van der Waals surface area contributed by atoms with Crippen molar-refractivity contribution in [3.8, 4) is 0 Å². The lowest BCUT2D eigenvalue weighted by Crippen LogP contribution is -2.47. The van der Waals surface area contributed by atoms with Gasteiger partial charge in [-0.05, 0) is 62.4 Å². The summed E-state index contributed by atoms with van der Waals surface area (Å²) >= 11 is 0. The number of carbonyl (C=O) groups excluding carboxylic acids is 1. The third kappa shape index (κ3) is 5.64. The van der Waals surface area contributed by atoms with Crippen LogP contribution in [0.4, 0.5) is 4.39 Å². The number of aryl methyl sites for hydroxylation is 1. The molecule has 5 nitrogen and oxygen atoms in total. The minimum atomic E-state index is -3.73. The van der Waals surface area contributed by atoms with Crippen LogP contribution in [0, 0.1) is 11.7 Å². The van der Waals surface area contributed by atoms with Crippen molar-refractivity contribution in [2.75, 3.05) is 13.1 Å². The highest BCUT2D eigenvalue weighted by atomic mass is 32.2. The minimum absolute atomic E-state index is 0.00629. The first-order chi connectivity index (χ1) is 13.9. The molecule has 1 fully saturated rings. The molecule has 7 heteroatoms. The highest BCUT2D eigenvalue weighted by molar-refractivity contribution is 7.89. The molecule has 156 valence electrons. The maximum atomic E-state index is 13.1. The van der Waals surface area contributed by atoms with Crippen molar-refractivity contribution in [3.63, 3.8) is 0 Å². The molecule has 1 amide bonds. The average molecular weight is 419 g/mol. The minimum Gasteiger partial charge on any atom is -0.353 e. The molecule has 0 aromatic heterocycles. The number of piperidine rings is 1. The standard InChI is InChI=1S/C22H27FN2O3S/c1-17(9-10-18-6-3-2-4-7-18)24-22(26)19-8-5-15-25(16-19)29(27,28)21-13-11-20(23)12-14-21/h2-4,6-7,11-14,17,19H,5,8-10,15-16H2,1H3,(H,24,26)/t17-,19-/m1/s1. The van der Waals surface area contributed by atoms with Gasteiger partial charge in [-0.2, -0.15) is 4.31 Å². The lowest BCUT2D eigenvalue weighted by molar-refractivity contribution is -0.126. The fourth-order valence-corrected chi connectivity index (χ4v) is 5.11. The SMILES string of the molecule is C[C@H](CCc1ccccc1)NC(=O)[C@@H]1CCCN(S(=O)(=O)c2ccc(F)cc2)C1. The van der Waals surface area contributed by atoms with Gasteiger partial charge in [0.2, 0.25) is 15.9 Å². The molecule has 1 aliphatic heterocycles. The predicted molar refractivity (Wildman–Crippen MR) is 110 cm³/mol. The van der Waals surface area contributed by atoms with E-state index in [-0.39, 0.29) is 29.3 Å². The Kier molecular flexibility index (Phi) is 7.03. The second-order valence-corrected chi connectivity index (χ2v) is 9.53. The second kappa shape index (κ2) is 9.50. The Bertz CT molecular complexity index is 917. The average Bonchev–Trinajstić information content (AvgIpc) is 2.73. The fourth-order valence-electron chi connectivity index (χ4n) is 3.59. The molecule has 0 saturated carbocycles. The van der Waals surface area contributed by atoms with Gasteiger partial charge in [0.05, 0.1) is 10.8 Å². The van der Waals surface area contributed by atoms with Gasteiger partial charge in [0.1, 0.15) is 5.82 Å². The van der Waals surface area contributed by atoms with E-state index in [1.807, 2.05) is 25.1 Å². The van der Waals surface area contributed by atoms with Gasteiger partial charge in [-0.25, -0.2) is 12.8 Å². The van der Waals surface area contributed by atoms with Gasteiger partial charge in [-0.1, -0.05) is 30.3 Å². The van der Waals surface area contributed by atoms with Gasteiger partial charge in [0, 0.05) is 19.1 Å². The van der Waals surface area contributed by atoms with E-state index in [9.17, 15) is 17.6 Å². The van der Waals surface area contributed by atoms with E-state index in [0.717, 1.165) is 25.0 Å². The van der Waals surface area contributed by atoms with Gasteiger partial charge in [-0.15, -0.1) is 0 Å². The molecule has 2 atom stereocenters. The molecule has 1 aliphatic rings. The van der Waals surface area contributed by atoms with Gasteiger partial charge >= 0.3 is 0 Å². The molecule has 3 rings (SSSR count). The molecule has 1 heterocycles.